The maximum atomic E-state index is 13.1. The zero-order valence-electron chi connectivity index (χ0n) is 15.8. The molecule has 0 fully saturated rings. The molecule has 0 saturated heterocycles. The molecular weight excluding hydrogens is 358 g/mol. The van der Waals surface area contributed by atoms with Crippen LogP contribution in [0.25, 0.3) is 0 Å². The number of aryl methyl sites for hydroxylation is 2. The number of aromatic nitrogens is 4. The minimum Gasteiger partial charge on any atom is -0.453 e. The normalized spacial score (nSPS) is 13.3. The van der Waals surface area contributed by atoms with Gasteiger partial charge in [0.1, 0.15) is 5.75 Å². The first-order valence-electron chi connectivity index (χ1n) is 9.18. The maximum Gasteiger partial charge on any atom is 0.258 e. The molecule has 0 bridgehead atoms. The Hall–Kier alpha value is -3.42. The molecule has 28 heavy (non-hydrogen) atoms. The SMILES string of the molecule is CCn1cnc2c(c1=O)CCN(C(=O)c1ccccc1Oc1cnn(C)c1)C2. The Morgan fingerprint density at radius 1 is 1.29 bits per heavy atom. The van der Waals surface area contributed by atoms with Crippen LogP contribution < -0.4 is 10.3 Å². The number of carbonyl (C=O) groups is 1. The highest BCUT2D eigenvalue weighted by Gasteiger charge is 2.26. The average Bonchev–Trinajstić information content (AvgIpc) is 3.12. The van der Waals surface area contributed by atoms with Crippen LogP contribution in [-0.2, 0) is 26.6 Å². The van der Waals surface area contributed by atoms with Gasteiger partial charge in [-0.25, -0.2) is 4.98 Å². The standard InChI is InChI=1S/C20H21N5O3/c1-3-24-13-21-17-12-25(9-8-15(17)19(24)26)20(27)16-6-4-5-7-18(16)28-14-10-22-23(2)11-14/h4-7,10-11,13H,3,8-9,12H2,1-2H3. The molecule has 1 amide bonds. The number of para-hydroxylation sites is 1. The summed E-state index contributed by atoms with van der Waals surface area (Å²) in [6.45, 7) is 3.28. The minimum absolute atomic E-state index is 0.0140. The van der Waals surface area contributed by atoms with E-state index in [4.69, 9.17) is 4.74 Å². The molecule has 0 saturated carbocycles. The number of hydrogen-bond donors (Lipinski definition) is 0. The number of amides is 1. The van der Waals surface area contributed by atoms with Crippen molar-refractivity contribution in [2.45, 2.75) is 26.4 Å². The summed E-state index contributed by atoms with van der Waals surface area (Å²) in [7, 11) is 1.80. The number of carbonyl (C=O) groups excluding carboxylic acids is 1. The van der Waals surface area contributed by atoms with Crippen LogP contribution in [0.15, 0.2) is 47.8 Å². The van der Waals surface area contributed by atoms with Crippen molar-refractivity contribution in [3.05, 3.63) is 70.2 Å². The Morgan fingerprint density at radius 2 is 2.11 bits per heavy atom. The summed E-state index contributed by atoms with van der Waals surface area (Å²) in [6, 6.07) is 7.13. The molecule has 144 valence electrons. The number of rotatable bonds is 4. The Labute approximate surface area is 162 Å². The second-order valence-corrected chi connectivity index (χ2v) is 6.69. The quantitative estimate of drug-likeness (QED) is 0.692. The van der Waals surface area contributed by atoms with E-state index in [0.29, 0.717) is 54.4 Å². The Morgan fingerprint density at radius 3 is 2.86 bits per heavy atom. The second-order valence-electron chi connectivity index (χ2n) is 6.69. The molecule has 0 aliphatic carbocycles. The first-order valence-corrected chi connectivity index (χ1v) is 9.18. The van der Waals surface area contributed by atoms with Gasteiger partial charge in [-0.3, -0.25) is 18.8 Å². The molecule has 1 aliphatic heterocycles. The minimum atomic E-state index is -0.147. The zero-order chi connectivity index (χ0) is 19.7. The Balaban J connectivity index is 1.59. The Kier molecular flexibility index (Phi) is 4.68. The van der Waals surface area contributed by atoms with Crippen LogP contribution in [-0.4, -0.2) is 36.7 Å². The van der Waals surface area contributed by atoms with E-state index in [1.54, 1.807) is 58.1 Å². The maximum absolute atomic E-state index is 13.1. The van der Waals surface area contributed by atoms with Crippen LogP contribution in [0.1, 0.15) is 28.5 Å². The van der Waals surface area contributed by atoms with Gasteiger partial charge in [-0.2, -0.15) is 5.10 Å². The van der Waals surface area contributed by atoms with Crippen molar-refractivity contribution in [3.63, 3.8) is 0 Å². The van der Waals surface area contributed by atoms with E-state index in [9.17, 15) is 9.59 Å². The molecule has 1 aromatic carbocycles. The molecule has 8 heteroatoms. The number of ether oxygens (including phenoxy) is 1. The van der Waals surface area contributed by atoms with E-state index in [-0.39, 0.29) is 11.5 Å². The van der Waals surface area contributed by atoms with Gasteiger partial charge in [0.05, 0.1) is 36.5 Å². The molecule has 3 heterocycles. The smallest absolute Gasteiger partial charge is 0.258 e. The van der Waals surface area contributed by atoms with Crippen molar-refractivity contribution < 1.29 is 9.53 Å². The fourth-order valence-corrected chi connectivity index (χ4v) is 3.34. The summed E-state index contributed by atoms with van der Waals surface area (Å²) in [6.07, 6.45) is 5.39. The third kappa shape index (κ3) is 3.28. The molecule has 2 aromatic heterocycles. The van der Waals surface area contributed by atoms with Crippen LogP contribution in [0.3, 0.4) is 0 Å². The lowest BCUT2D eigenvalue weighted by Gasteiger charge is -2.28. The first-order chi connectivity index (χ1) is 13.6. The number of nitrogens with zero attached hydrogens (tertiary/aromatic N) is 5. The zero-order valence-corrected chi connectivity index (χ0v) is 15.8. The lowest BCUT2D eigenvalue weighted by molar-refractivity contribution is 0.0728. The van der Waals surface area contributed by atoms with Gasteiger partial charge in [0, 0.05) is 25.7 Å². The summed E-state index contributed by atoms with van der Waals surface area (Å²) >= 11 is 0. The number of fused-ring (bicyclic) bond motifs is 1. The third-order valence-electron chi connectivity index (χ3n) is 4.85. The summed E-state index contributed by atoms with van der Waals surface area (Å²) < 4.78 is 9.09. The van der Waals surface area contributed by atoms with Gasteiger partial charge in [-0.1, -0.05) is 12.1 Å². The molecule has 0 spiro atoms. The summed E-state index contributed by atoms with van der Waals surface area (Å²) in [4.78, 5) is 31.7. The molecule has 0 unspecified atom stereocenters. The third-order valence-corrected chi connectivity index (χ3v) is 4.85. The van der Waals surface area contributed by atoms with Crippen molar-refractivity contribution in [3.8, 4) is 11.5 Å². The highest BCUT2D eigenvalue weighted by Crippen LogP contribution is 2.27. The second kappa shape index (κ2) is 7.30. The van der Waals surface area contributed by atoms with E-state index >= 15 is 0 Å². The number of benzene rings is 1. The molecule has 1 aliphatic rings. The van der Waals surface area contributed by atoms with Crippen molar-refractivity contribution in [1.82, 2.24) is 24.2 Å². The lowest BCUT2D eigenvalue weighted by Crippen LogP contribution is -2.40. The largest absolute Gasteiger partial charge is 0.453 e. The molecule has 4 rings (SSSR count). The van der Waals surface area contributed by atoms with Gasteiger partial charge >= 0.3 is 0 Å². The Bertz CT molecular complexity index is 1090. The van der Waals surface area contributed by atoms with Crippen LogP contribution in [0, 0.1) is 0 Å². The molecule has 0 atom stereocenters. The molecule has 0 N–H and O–H groups in total. The highest BCUT2D eigenvalue weighted by atomic mass is 16.5. The molecule has 3 aromatic rings. The predicted molar refractivity (Wildman–Crippen MR) is 102 cm³/mol. The molecular formula is C20H21N5O3. The van der Waals surface area contributed by atoms with Gasteiger partial charge in [0.2, 0.25) is 0 Å². The summed E-state index contributed by atoms with van der Waals surface area (Å²) in [5, 5.41) is 4.08. The summed E-state index contributed by atoms with van der Waals surface area (Å²) in [5.41, 5.74) is 1.82. The topological polar surface area (TPSA) is 82.2 Å². The van der Waals surface area contributed by atoms with Crippen LogP contribution >= 0.6 is 0 Å². The highest BCUT2D eigenvalue weighted by molar-refractivity contribution is 5.97. The number of hydrogen-bond acceptors (Lipinski definition) is 5. The lowest BCUT2D eigenvalue weighted by atomic mass is 10.0. The first kappa shape index (κ1) is 18.0. The van der Waals surface area contributed by atoms with Gasteiger partial charge in [-0.15, -0.1) is 0 Å². The van der Waals surface area contributed by atoms with Crippen molar-refractivity contribution >= 4 is 5.91 Å². The van der Waals surface area contributed by atoms with Crippen molar-refractivity contribution in [2.24, 2.45) is 7.05 Å². The van der Waals surface area contributed by atoms with Gasteiger partial charge in [-0.05, 0) is 25.5 Å². The fourth-order valence-electron chi connectivity index (χ4n) is 3.34. The van der Waals surface area contributed by atoms with Gasteiger partial charge < -0.3 is 9.64 Å². The van der Waals surface area contributed by atoms with E-state index < -0.39 is 0 Å². The van der Waals surface area contributed by atoms with Crippen LogP contribution in [0.2, 0.25) is 0 Å². The monoisotopic (exact) mass is 379 g/mol. The predicted octanol–water partition coefficient (Wildman–Crippen LogP) is 1.99. The van der Waals surface area contributed by atoms with Crippen LogP contribution in [0.5, 0.6) is 11.5 Å². The van der Waals surface area contributed by atoms with Crippen molar-refractivity contribution in [1.29, 1.82) is 0 Å². The molecule has 0 radical (unpaired) electrons. The van der Waals surface area contributed by atoms with Crippen molar-refractivity contribution in [2.75, 3.05) is 6.54 Å². The van der Waals surface area contributed by atoms with Gasteiger partial charge in [0.15, 0.2) is 5.75 Å². The van der Waals surface area contributed by atoms with E-state index in [1.165, 1.54) is 0 Å². The van der Waals surface area contributed by atoms with E-state index in [1.807, 2.05) is 13.0 Å². The fraction of sp³-hybridized carbons (Fsp3) is 0.300. The van der Waals surface area contributed by atoms with E-state index in [0.717, 1.165) is 0 Å². The molecule has 8 nitrogen and oxygen atoms in total. The average molecular weight is 379 g/mol. The van der Waals surface area contributed by atoms with Crippen LogP contribution in [0.4, 0.5) is 0 Å². The van der Waals surface area contributed by atoms with E-state index in [2.05, 4.69) is 10.1 Å². The summed E-state index contributed by atoms with van der Waals surface area (Å²) in [5.74, 6) is 0.890. The van der Waals surface area contributed by atoms with Gasteiger partial charge in [0.25, 0.3) is 11.5 Å².